The lowest BCUT2D eigenvalue weighted by Gasteiger charge is -2.21. The van der Waals surface area contributed by atoms with E-state index in [4.69, 9.17) is 15.2 Å². The van der Waals surface area contributed by atoms with Gasteiger partial charge in [0.2, 0.25) is 5.91 Å². The second kappa shape index (κ2) is 8.07. The van der Waals surface area contributed by atoms with Crippen molar-refractivity contribution in [3.63, 3.8) is 0 Å². The van der Waals surface area contributed by atoms with Crippen LogP contribution in [0.5, 0.6) is 0 Å². The van der Waals surface area contributed by atoms with E-state index in [1.165, 1.54) is 0 Å². The van der Waals surface area contributed by atoms with Gasteiger partial charge in [-0.1, -0.05) is 30.3 Å². The number of nitrogens with zero attached hydrogens (tertiary/aromatic N) is 1. The van der Waals surface area contributed by atoms with E-state index in [1.807, 2.05) is 0 Å². The standard InChI is InChI=1S/C18H23N3O6/c1-18(2,3)27-16(24)20-10-13-15(23)21(17(25)26-13)12(14(19)22)9-11-7-5-4-6-8-11/h4-8,12-13H,9-10H2,1-3H3,(H2,19,22)(H,20,24)/t12-,13-/m0/s1. The minimum absolute atomic E-state index is 0.0726. The van der Waals surface area contributed by atoms with Gasteiger partial charge in [0.05, 0.1) is 6.54 Å². The molecule has 1 saturated heterocycles. The lowest BCUT2D eigenvalue weighted by Crippen LogP contribution is -2.50. The zero-order valence-electron chi connectivity index (χ0n) is 15.4. The normalized spacial score (nSPS) is 18.0. The maximum Gasteiger partial charge on any atom is 0.418 e. The predicted octanol–water partition coefficient (Wildman–Crippen LogP) is 0.955. The number of hydrogen-bond acceptors (Lipinski definition) is 6. The van der Waals surface area contributed by atoms with Crippen molar-refractivity contribution in [1.82, 2.24) is 10.2 Å². The van der Waals surface area contributed by atoms with Crippen molar-refractivity contribution >= 4 is 24.0 Å². The predicted molar refractivity (Wildman–Crippen MR) is 94.5 cm³/mol. The largest absolute Gasteiger partial charge is 0.444 e. The molecule has 0 spiro atoms. The number of imide groups is 1. The van der Waals surface area contributed by atoms with Crippen molar-refractivity contribution in [1.29, 1.82) is 0 Å². The number of amides is 4. The molecule has 1 aromatic carbocycles. The van der Waals surface area contributed by atoms with Crippen molar-refractivity contribution in [3.8, 4) is 0 Å². The van der Waals surface area contributed by atoms with Gasteiger partial charge in [0, 0.05) is 6.42 Å². The Kier molecular flexibility index (Phi) is 6.04. The van der Waals surface area contributed by atoms with Crippen molar-refractivity contribution in [2.24, 2.45) is 5.73 Å². The molecule has 0 unspecified atom stereocenters. The first kappa shape index (κ1) is 20.2. The molecule has 1 fully saturated rings. The van der Waals surface area contributed by atoms with E-state index in [2.05, 4.69) is 5.32 Å². The highest BCUT2D eigenvalue weighted by Gasteiger charge is 2.46. The topological polar surface area (TPSA) is 128 Å². The molecular formula is C18H23N3O6. The first-order valence-electron chi connectivity index (χ1n) is 8.42. The van der Waals surface area contributed by atoms with Crippen LogP contribution in [-0.2, 0) is 25.5 Å². The Bertz CT molecular complexity index is 728. The van der Waals surface area contributed by atoms with Crippen LogP contribution in [0, 0.1) is 0 Å². The summed E-state index contributed by atoms with van der Waals surface area (Å²) in [6.07, 6.45) is -2.90. The van der Waals surface area contributed by atoms with E-state index in [-0.39, 0.29) is 13.0 Å². The summed E-state index contributed by atoms with van der Waals surface area (Å²) >= 11 is 0. The second-order valence-corrected chi connectivity index (χ2v) is 7.07. The fourth-order valence-electron chi connectivity index (χ4n) is 2.53. The highest BCUT2D eigenvalue weighted by molar-refractivity contribution is 6.04. The monoisotopic (exact) mass is 377 g/mol. The summed E-state index contributed by atoms with van der Waals surface area (Å²) in [5.41, 5.74) is 5.42. The summed E-state index contributed by atoms with van der Waals surface area (Å²) in [5.74, 6) is -1.57. The summed E-state index contributed by atoms with van der Waals surface area (Å²) < 4.78 is 10.1. The van der Waals surface area contributed by atoms with Crippen LogP contribution in [0.4, 0.5) is 9.59 Å². The molecule has 1 aromatic rings. The van der Waals surface area contributed by atoms with E-state index >= 15 is 0 Å². The van der Waals surface area contributed by atoms with Crippen LogP contribution >= 0.6 is 0 Å². The Hall–Kier alpha value is -3.10. The van der Waals surface area contributed by atoms with E-state index in [9.17, 15) is 19.2 Å². The number of hydrogen-bond donors (Lipinski definition) is 2. The number of ether oxygens (including phenoxy) is 2. The summed E-state index contributed by atoms with van der Waals surface area (Å²) in [4.78, 5) is 48.9. The molecule has 0 bridgehead atoms. The van der Waals surface area contributed by atoms with Crippen LogP contribution in [-0.4, -0.2) is 53.2 Å². The number of carbonyl (C=O) groups excluding carboxylic acids is 4. The average Bonchev–Trinajstić information content (AvgIpc) is 2.84. The molecule has 4 amide bonds. The molecule has 9 heteroatoms. The number of nitrogens with one attached hydrogen (secondary N) is 1. The van der Waals surface area contributed by atoms with Crippen LogP contribution in [0.25, 0.3) is 0 Å². The number of carbonyl (C=O) groups is 4. The molecule has 1 aliphatic heterocycles. The van der Waals surface area contributed by atoms with Gasteiger partial charge in [0.25, 0.3) is 5.91 Å². The van der Waals surface area contributed by atoms with Gasteiger partial charge in [-0.05, 0) is 26.3 Å². The molecule has 1 aliphatic rings. The molecule has 2 atom stereocenters. The average molecular weight is 377 g/mol. The molecule has 27 heavy (non-hydrogen) atoms. The summed E-state index contributed by atoms with van der Waals surface area (Å²) in [6.45, 7) is 4.80. The molecule has 0 saturated carbocycles. The molecule has 2 rings (SSSR count). The van der Waals surface area contributed by atoms with Gasteiger partial charge < -0.3 is 20.5 Å². The quantitative estimate of drug-likeness (QED) is 0.760. The van der Waals surface area contributed by atoms with Crippen molar-refractivity contribution < 1.29 is 28.7 Å². The Labute approximate surface area is 156 Å². The van der Waals surface area contributed by atoms with E-state index in [0.29, 0.717) is 4.90 Å². The smallest absolute Gasteiger partial charge is 0.418 e. The second-order valence-electron chi connectivity index (χ2n) is 7.07. The molecule has 3 N–H and O–H groups in total. The van der Waals surface area contributed by atoms with Crippen molar-refractivity contribution in [2.75, 3.05) is 6.54 Å². The highest BCUT2D eigenvalue weighted by atomic mass is 16.6. The molecule has 9 nitrogen and oxygen atoms in total. The molecule has 0 aliphatic carbocycles. The van der Waals surface area contributed by atoms with Gasteiger partial charge in [-0.2, -0.15) is 0 Å². The Morgan fingerprint density at radius 3 is 2.44 bits per heavy atom. The van der Waals surface area contributed by atoms with Gasteiger partial charge in [-0.15, -0.1) is 0 Å². The number of cyclic esters (lactones) is 1. The third-order valence-electron chi connectivity index (χ3n) is 3.70. The Morgan fingerprint density at radius 2 is 1.89 bits per heavy atom. The van der Waals surface area contributed by atoms with Crippen LogP contribution in [0.15, 0.2) is 30.3 Å². The maximum atomic E-state index is 12.5. The van der Waals surface area contributed by atoms with Crippen molar-refractivity contribution in [2.45, 2.75) is 44.9 Å². The van der Waals surface area contributed by atoms with E-state index < -0.39 is 41.7 Å². The van der Waals surface area contributed by atoms with Crippen LogP contribution in [0.1, 0.15) is 26.3 Å². The van der Waals surface area contributed by atoms with E-state index in [0.717, 1.165) is 5.56 Å². The van der Waals surface area contributed by atoms with Crippen LogP contribution in [0.3, 0.4) is 0 Å². The van der Waals surface area contributed by atoms with Gasteiger partial charge in [0.1, 0.15) is 11.6 Å². The fourth-order valence-corrected chi connectivity index (χ4v) is 2.53. The van der Waals surface area contributed by atoms with E-state index in [1.54, 1.807) is 51.1 Å². The lowest BCUT2D eigenvalue weighted by atomic mass is 10.0. The number of rotatable bonds is 6. The number of alkyl carbamates (subject to hydrolysis) is 1. The molecule has 1 heterocycles. The SMILES string of the molecule is CC(C)(C)OC(=O)NC[C@@H]1OC(=O)N([C@@H](Cc2ccccc2)C(N)=O)C1=O. The Morgan fingerprint density at radius 1 is 1.26 bits per heavy atom. The maximum absolute atomic E-state index is 12.5. The van der Waals surface area contributed by atoms with Crippen LogP contribution < -0.4 is 11.1 Å². The number of benzene rings is 1. The first-order chi connectivity index (χ1) is 12.6. The van der Waals surface area contributed by atoms with Gasteiger partial charge in [-0.3, -0.25) is 9.59 Å². The van der Waals surface area contributed by atoms with Gasteiger partial charge in [0.15, 0.2) is 6.10 Å². The molecule has 0 radical (unpaired) electrons. The van der Waals surface area contributed by atoms with Crippen LogP contribution in [0.2, 0.25) is 0 Å². The highest BCUT2D eigenvalue weighted by Crippen LogP contribution is 2.19. The van der Waals surface area contributed by atoms with Crippen molar-refractivity contribution in [3.05, 3.63) is 35.9 Å². The minimum atomic E-state index is -1.25. The molecule has 146 valence electrons. The number of nitrogens with two attached hydrogens (primary N) is 1. The number of primary amides is 1. The summed E-state index contributed by atoms with van der Waals surface area (Å²) in [7, 11) is 0. The molecular weight excluding hydrogens is 354 g/mol. The zero-order valence-corrected chi connectivity index (χ0v) is 15.4. The third-order valence-corrected chi connectivity index (χ3v) is 3.70. The fraction of sp³-hybridized carbons (Fsp3) is 0.444. The van der Waals surface area contributed by atoms with Gasteiger partial charge in [-0.25, -0.2) is 14.5 Å². The zero-order chi connectivity index (χ0) is 20.2. The summed E-state index contributed by atoms with van der Waals surface area (Å²) in [5, 5.41) is 2.37. The Balaban J connectivity index is 2.04. The molecule has 0 aromatic heterocycles. The summed E-state index contributed by atoms with van der Waals surface area (Å²) in [6, 6.07) is 7.66. The minimum Gasteiger partial charge on any atom is -0.444 e. The third kappa shape index (κ3) is 5.44. The lowest BCUT2D eigenvalue weighted by molar-refractivity contribution is -0.135. The first-order valence-corrected chi connectivity index (χ1v) is 8.42. The van der Waals surface area contributed by atoms with Gasteiger partial charge >= 0.3 is 12.2 Å².